The van der Waals surface area contributed by atoms with E-state index in [1.54, 1.807) is 0 Å². The van der Waals surface area contributed by atoms with E-state index in [2.05, 4.69) is 22.0 Å². The van der Waals surface area contributed by atoms with Crippen molar-refractivity contribution in [3.63, 3.8) is 0 Å². The Labute approximate surface area is 109 Å². The Balaban J connectivity index is 2.30. The van der Waals surface area contributed by atoms with Gasteiger partial charge >= 0.3 is 5.97 Å². The molecule has 3 nitrogen and oxygen atoms in total. The van der Waals surface area contributed by atoms with Gasteiger partial charge in [0.25, 0.3) is 0 Å². The average Bonchev–Trinajstić information content (AvgIpc) is 2.28. The van der Waals surface area contributed by atoms with Crippen molar-refractivity contribution in [1.29, 1.82) is 0 Å². The third-order valence-electron chi connectivity index (χ3n) is 3.26. The highest BCUT2D eigenvalue weighted by Crippen LogP contribution is 2.31. The summed E-state index contributed by atoms with van der Waals surface area (Å²) in [6.45, 7) is 0. The summed E-state index contributed by atoms with van der Waals surface area (Å²) in [6.07, 6.45) is 4.58. The van der Waals surface area contributed by atoms with Gasteiger partial charge in [-0.2, -0.15) is 0 Å². The number of aryl methyl sites for hydroxylation is 1. The van der Waals surface area contributed by atoms with Crippen LogP contribution >= 0.6 is 15.9 Å². The minimum atomic E-state index is -0.855. The van der Waals surface area contributed by atoms with E-state index < -0.39 is 12.0 Å². The topological polar surface area (TPSA) is 63.3 Å². The lowest BCUT2D eigenvalue weighted by Crippen LogP contribution is -2.16. The van der Waals surface area contributed by atoms with Crippen LogP contribution in [0.3, 0.4) is 0 Å². The summed E-state index contributed by atoms with van der Waals surface area (Å²) in [5.74, 6) is -0.855. The van der Waals surface area contributed by atoms with Gasteiger partial charge in [-0.3, -0.25) is 4.79 Å². The molecule has 4 heteroatoms. The molecule has 2 rings (SSSR count). The first-order chi connectivity index (χ1) is 8.08. The molecular formula is C13H16BrNO2. The van der Waals surface area contributed by atoms with Crippen molar-refractivity contribution in [2.75, 3.05) is 0 Å². The SMILES string of the molecule is NC(CC(=O)O)c1cc(Br)c2c(c1)CCCC2. The standard InChI is InChI=1S/C13H16BrNO2/c14-11-6-9(12(15)7-13(16)17)5-8-3-1-2-4-10(8)11/h5-6,12H,1-4,7,15H2,(H,16,17). The fraction of sp³-hybridized carbons (Fsp3) is 0.462. The Morgan fingerprint density at radius 2 is 2.12 bits per heavy atom. The monoisotopic (exact) mass is 297 g/mol. The summed E-state index contributed by atoms with van der Waals surface area (Å²) in [6, 6.07) is 3.63. The number of carboxylic acid groups (broad SMARTS) is 1. The van der Waals surface area contributed by atoms with Crippen LogP contribution in [0.15, 0.2) is 16.6 Å². The molecule has 0 aromatic heterocycles. The van der Waals surface area contributed by atoms with Crippen LogP contribution < -0.4 is 5.73 Å². The number of hydrogen-bond acceptors (Lipinski definition) is 2. The summed E-state index contributed by atoms with van der Waals surface area (Å²) in [4.78, 5) is 10.7. The highest BCUT2D eigenvalue weighted by atomic mass is 79.9. The molecule has 1 unspecified atom stereocenters. The highest BCUT2D eigenvalue weighted by Gasteiger charge is 2.17. The van der Waals surface area contributed by atoms with Crippen molar-refractivity contribution in [3.05, 3.63) is 33.3 Å². The third kappa shape index (κ3) is 2.87. The summed E-state index contributed by atoms with van der Waals surface area (Å²) in [7, 11) is 0. The molecule has 1 aromatic carbocycles. The van der Waals surface area contributed by atoms with Crippen LogP contribution in [0.1, 0.15) is 42.0 Å². The maximum Gasteiger partial charge on any atom is 0.305 e. The zero-order valence-electron chi connectivity index (χ0n) is 9.58. The first kappa shape index (κ1) is 12.6. The van der Waals surface area contributed by atoms with Crippen LogP contribution in [0.5, 0.6) is 0 Å². The minimum absolute atomic E-state index is 0.0226. The molecule has 0 bridgehead atoms. The lowest BCUT2D eigenvalue weighted by Gasteiger charge is -2.20. The van der Waals surface area contributed by atoms with Crippen molar-refractivity contribution in [2.24, 2.45) is 5.73 Å². The molecule has 3 N–H and O–H groups in total. The summed E-state index contributed by atoms with van der Waals surface area (Å²) in [5.41, 5.74) is 9.50. The Hall–Kier alpha value is -0.870. The molecule has 0 amide bonds. The van der Waals surface area contributed by atoms with Gasteiger partial charge in [-0.15, -0.1) is 0 Å². The Morgan fingerprint density at radius 3 is 2.82 bits per heavy atom. The molecule has 1 aliphatic rings. The van der Waals surface area contributed by atoms with Crippen LogP contribution in [-0.4, -0.2) is 11.1 Å². The van der Waals surface area contributed by atoms with Crippen molar-refractivity contribution in [2.45, 2.75) is 38.1 Å². The second-order valence-corrected chi connectivity index (χ2v) is 5.41. The zero-order valence-corrected chi connectivity index (χ0v) is 11.2. The number of aliphatic carboxylic acids is 1. The maximum atomic E-state index is 10.7. The predicted molar refractivity (Wildman–Crippen MR) is 70.0 cm³/mol. The zero-order chi connectivity index (χ0) is 12.4. The molecule has 1 atom stereocenters. The van der Waals surface area contributed by atoms with Gasteiger partial charge in [0.2, 0.25) is 0 Å². The van der Waals surface area contributed by atoms with Gasteiger partial charge in [0.05, 0.1) is 6.42 Å². The Kier molecular flexibility index (Phi) is 3.84. The van der Waals surface area contributed by atoms with Gasteiger partial charge in [-0.05, 0) is 48.4 Å². The van der Waals surface area contributed by atoms with Gasteiger partial charge < -0.3 is 10.8 Å². The molecule has 1 aliphatic carbocycles. The highest BCUT2D eigenvalue weighted by molar-refractivity contribution is 9.10. The van der Waals surface area contributed by atoms with E-state index in [4.69, 9.17) is 10.8 Å². The lowest BCUT2D eigenvalue weighted by molar-refractivity contribution is -0.137. The number of carboxylic acids is 1. The van der Waals surface area contributed by atoms with Gasteiger partial charge in [0.15, 0.2) is 0 Å². The molecule has 0 aliphatic heterocycles. The number of carbonyl (C=O) groups is 1. The molecule has 1 aromatic rings. The smallest absolute Gasteiger partial charge is 0.305 e. The van der Waals surface area contributed by atoms with Crippen LogP contribution in [0.25, 0.3) is 0 Å². The van der Waals surface area contributed by atoms with E-state index in [-0.39, 0.29) is 6.42 Å². The number of nitrogens with two attached hydrogens (primary N) is 1. The van der Waals surface area contributed by atoms with Gasteiger partial charge in [-0.1, -0.05) is 22.0 Å². The number of hydrogen-bond donors (Lipinski definition) is 2. The second kappa shape index (κ2) is 5.19. The van der Waals surface area contributed by atoms with Gasteiger partial charge in [0.1, 0.15) is 0 Å². The van der Waals surface area contributed by atoms with E-state index >= 15 is 0 Å². The largest absolute Gasteiger partial charge is 0.481 e. The minimum Gasteiger partial charge on any atom is -0.481 e. The molecule has 0 saturated carbocycles. The molecule has 92 valence electrons. The van der Waals surface area contributed by atoms with Gasteiger partial charge in [-0.25, -0.2) is 0 Å². The average molecular weight is 298 g/mol. The normalized spacial score (nSPS) is 16.4. The summed E-state index contributed by atoms with van der Waals surface area (Å²) >= 11 is 3.56. The summed E-state index contributed by atoms with van der Waals surface area (Å²) in [5, 5.41) is 8.76. The van der Waals surface area contributed by atoms with Crippen LogP contribution in [-0.2, 0) is 17.6 Å². The number of benzene rings is 1. The third-order valence-corrected chi connectivity index (χ3v) is 3.96. The number of halogens is 1. The van der Waals surface area contributed by atoms with E-state index in [1.807, 2.05) is 6.07 Å². The van der Waals surface area contributed by atoms with Crippen molar-refractivity contribution in [1.82, 2.24) is 0 Å². The van der Waals surface area contributed by atoms with Crippen LogP contribution in [0, 0.1) is 0 Å². The number of fused-ring (bicyclic) bond motifs is 1. The van der Waals surface area contributed by atoms with E-state index in [9.17, 15) is 4.79 Å². The molecule has 0 fully saturated rings. The van der Waals surface area contributed by atoms with E-state index in [0.29, 0.717) is 0 Å². The fourth-order valence-electron chi connectivity index (χ4n) is 2.36. The van der Waals surface area contributed by atoms with E-state index in [0.717, 1.165) is 22.9 Å². The molecular weight excluding hydrogens is 282 g/mol. The predicted octanol–water partition coefficient (Wildman–Crippen LogP) is 2.80. The fourth-order valence-corrected chi connectivity index (χ4v) is 3.07. The first-order valence-corrected chi connectivity index (χ1v) is 6.66. The summed E-state index contributed by atoms with van der Waals surface area (Å²) < 4.78 is 1.07. The molecule has 0 saturated heterocycles. The lowest BCUT2D eigenvalue weighted by atomic mass is 9.89. The van der Waals surface area contributed by atoms with Gasteiger partial charge in [0, 0.05) is 10.5 Å². The molecule has 0 spiro atoms. The van der Waals surface area contributed by atoms with Crippen LogP contribution in [0.4, 0.5) is 0 Å². The second-order valence-electron chi connectivity index (χ2n) is 4.55. The first-order valence-electron chi connectivity index (χ1n) is 5.86. The maximum absolute atomic E-state index is 10.7. The Morgan fingerprint density at radius 1 is 1.41 bits per heavy atom. The molecule has 0 radical (unpaired) electrons. The van der Waals surface area contributed by atoms with Crippen molar-refractivity contribution < 1.29 is 9.90 Å². The molecule has 0 heterocycles. The van der Waals surface area contributed by atoms with E-state index in [1.165, 1.54) is 24.0 Å². The van der Waals surface area contributed by atoms with Crippen molar-refractivity contribution in [3.8, 4) is 0 Å². The quantitative estimate of drug-likeness (QED) is 0.902. The number of rotatable bonds is 3. The molecule has 17 heavy (non-hydrogen) atoms. The van der Waals surface area contributed by atoms with Crippen LogP contribution in [0.2, 0.25) is 0 Å². The Bertz CT molecular complexity index is 445. The van der Waals surface area contributed by atoms with Crippen molar-refractivity contribution >= 4 is 21.9 Å².